The number of rotatable bonds is 10. The first-order chi connectivity index (χ1) is 17.6. The van der Waals surface area contributed by atoms with Crippen LogP contribution in [-0.2, 0) is 4.74 Å². The fourth-order valence-electron chi connectivity index (χ4n) is 3.98. The van der Waals surface area contributed by atoms with Gasteiger partial charge in [0, 0.05) is 18.7 Å². The van der Waals surface area contributed by atoms with Crippen LogP contribution in [0.15, 0.2) is 22.6 Å². The summed E-state index contributed by atoms with van der Waals surface area (Å²) in [6.45, 7) is 3.25. The van der Waals surface area contributed by atoms with Crippen molar-refractivity contribution >= 4 is 12.0 Å². The highest BCUT2D eigenvalue weighted by Crippen LogP contribution is 2.37. The third-order valence-electron chi connectivity index (χ3n) is 5.99. The summed E-state index contributed by atoms with van der Waals surface area (Å²) in [7, 11) is 0. The third kappa shape index (κ3) is 6.88. The van der Waals surface area contributed by atoms with Gasteiger partial charge in [-0.15, -0.1) is 0 Å². The Hall–Kier alpha value is -3.41. The molecule has 4 rings (SSSR count). The topological polar surface area (TPSA) is 129 Å². The van der Waals surface area contributed by atoms with Crippen molar-refractivity contribution in [1.29, 1.82) is 0 Å². The maximum absolute atomic E-state index is 13.3. The molecule has 1 aliphatic carbocycles. The summed E-state index contributed by atoms with van der Waals surface area (Å²) >= 11 is 0. The zero-order valence-corrected chi connectivity index (χ0v) is 21.0. The first-order valence-electron chi connectivity index (χ1n) is 12.4. The Kier molecular flexibility index (Phi) is 8.16. The smallest absolute Gasteiger partial charge is 0.407 e. The van der Waals surface area contributed by atoms with Gasteiger partial charge in [-0.2, -0.15) is 8.78 Å². The number of halogens is 2. The number of ether oxygens (including phenoxy) is 3. The van der Waals surface area contributed by atoms with Crippen LogP contribution >= 0.6 is 0 Å². The quantitative estimate of drug-likeness (QED) is 0.477. The van der Waals surface area contributed by atoms with E-state index in [1.807, 2.05) is 0 Å². The van der Waals surface area contributed by atoms with E-state index in [4.69, 9.17) is 19.6 Å². The predicted molar refractivity (Wildman–Crippen MR) is 128 cm³/mol. The van der Waals surface area contributed by atoms with E-state index in [1.165, 1.54) is 18.2 Å². The highest BCUT2D eigenvalue weighted by atomic mass is 19.3. The second kappa shape index (κ2) is 11.3. The van der Waals surface area contributed by atoms with Crippen molar-refractivity contribution in [1.82, 2.24) is 15.2 Å². The zero-order chi connectivity index (χ0) is 26.7. The number of hydrogen-bond acceptors (Lipinski definition) is 8. The molecule has 2 atom stereocenters. The first-order valence-corrected chi connectivity index (χ1v) is 12.4. The van der Waals surface area contributed by atoms with Crippen LogP contribution in [0.1, 0.15) is 62.3 Å². The molecule has 10 nitrogen and oxygen atoms in total. The number of benzene rings is 1. The Labute approximate surface area is 213 Å². The van der Waals surface area contributed by atoms with Gasteiger partial charge in [-0.05, 0) is 64.2 Å². The molecule has 202 valence electrons. The number of nitrogens with zero attached hydrogens (tertiary/aromatic N) is 2. The molecule has 0 radical (unpaired) electrons. The van der Waals surface area contributed by atoms with Crippen molar-refractivity contribution in [3.05, 3.63) is 29.7 Å². The Balaban J connectivity index is 1.53. The molecule has 2 aliphatic rings. The van der Waals surface area contributed by atoms with Crippen molar-refractivity contribution in [2.45, 2.75) is 64.8 Å². The van der Waals surface area contributed by atoms with Gasteiger partial charge in [0.1, 0.15) is 0 Å². The van der Waals surface area contributed by atoms with Crippen molar-refractivity contribution in [3.63, 3.8) is 0 Å². The van der Waals surface area contributed by atoms with Crippen LogP contribution in [0.2, 0.25) is 0 Å². The van der Waals surface area contributed by atoms with Crippen LogP contribution in [0.3, 0.4) is 0 Å². The zero-order valence-electron chi connectivity index (χ0n) is 21.0. The van der Waals surface area contributed by atoms with E-state index >= 15 is 0 Å². The average Bonchev–Trinajstić information content (AvgIpc) is 3.34. The van der Waals surface area contributed by atoms with Gasteiger partial charge in [0.05, 0.1) is 24.8 Å². The normalized spacial score (nSPS) is 18.3. The largest absolute Gasteiger partial charge is 0.489 e. The summed E-state index contributed by atoms with van der Waals surface area (Å²) in [4.78, 5) is 31.2. The van der Waals surface area contributed by atoms with Gasteiger partial charge in [0.15, 0.2) is 23.0 Å². The van der Waals surface area contributed by atoms with Gasteiger partial charge in [-0.1, -0.05) is 0 Å². The standard InChI is InChI=1S/C25H32F2N4O6/c1-13(2)35-25(33)29-17-8-9-31(11-17)23(32)20-21(14(3)28)37-22(30-20)16-6-7-18(36-24(26)27)19(10-16)34-12-15-4-5-15/h6-7,10,13-15,17,24H,4-5,8-9,11-12,28H2,1-3H3,(H,29,33)/t14-,17+/m0/s1. The molecule has 1 saturated heterocycles. The lowest BCUT2D eigenvalue weighted by molar-refractivity contribution is -0.0515. The molecule has 0 bridgehead atoms. The number of carbonyl (C=O) groups is 2. The lowest BCUT2D eigenvalue weighted by atomic mass is 10.2. The van der Waals surface area contributed by atoms with Gasteiger partial charge < -0.3 is 34.6 Å². The monoisotopic (exact) mass is 522 g/mol. The van der Waals surface area contributed by atoms with Gasteiger partial charge in [-0.3, -0.25) is 4.79 Å². The molecule has 12 heteroatoms. The third-order valence-corrected chi connectivity index (χ3v) is 5.99. The van der Waals surface area contributed by atoms with Crippen molar-refractivity contribution in [3.8, 4) is 23.0 Å². The number of amides is 2. The SMILES string of the molecule is CC(C)OC(=O)N[C@@H]1CCN(C(=O)c2nc(-c3ccc(OC(F)F)c(OCC4CC4)c3)oc2[C@H](C)N)C1. The predicted octanol–water partition coefficient (Wildman–Crippen LogP) is 4.10. The van der Waals surface area contributed by atoms with Crippen LogP contribution in [0.25, 0.3) is 11.5 Å². The van der Waals surface area contributed by atoms with Crippen LogP contribution in [0.5, 0.6) is 11.5 Å². The summed E-state index contributed by atoms with van der Waals surface area (Å²) in [5.74, 6) is 0.353. The summed E-state index contributed by atoms with van der Waals surface area (Å²) in [5, 5.41) is 2.76. The Morgan fingerprint density at radius 1 is 1.22 bits per heavy atom. The number of nitrogens with two attached hydrogens (primary N) is 1. The highest BCUT2D eigenvalue weighted by Gasteiger charge is 2.33. The summed E-state index contributed by atoms with van der Waals surface area (Å²) in [5.41, 5.74) is 6.55. The fraction of sp³-hybridized carbons (Fsp3) is 0.560. The van der Waals surface area contributed by atoms with Gasteiger partial charge >= 0.3 is 12.7 Å². The molecular weight excluding hydrogens is 490 g/mol. The Bertz CT molecular complexity index is 1120. The molecule has 2 aromatic rings. The Morgan fingerprint density at radius 2 is 1.97 bits per heavy atom. The molecule has 2 heterocycles. The minimum absolute atomic E-state index is 0.0590. The summed E-state index contributed by atoms with van der Waals surface area (Å²) < 4.78 is 47.1. The number of alkyl carbamates (subject to hydrolysis) is 1. The molecule has 1 aromatic carbocycles. The molecule has 1 aromatic heterocycles. The van der Waals surface area contributed by atoms with Gasteiger partial charge in [-0.25, -0.2) is 9.78 Å². The van der Waals surface area contributed by atoms with Crippen molar-refractivity contribution in [2.24, 2.45) is 11.7 Å². The minimum Gasteiger partial charge on any atom is -0.489 e. The van der Waals surface area contributed by atoms with Gasteiger partial charge in [0.25, 0.3) is 5.91 Å². The molecule has 3 N–H and O–H groups in total. The van der Waals surface area contributed by atoms with E-state index in [1.54, 1.807) is 25.7 Å². The van der Waals surface area contributed by atoms with Crippen molar-refractivity contribution in [2.75, 3.05) is 19.7 Å². The van der Waals surface area contributed by atoms with E-state index in [9.17, 15) is 18.4 Å². The lowest BCUT2D eigenvalue weighted by Gasteiger charge is -2.17. The number of hydrogen-bond donors (Lipinski definition) is 2. The second-order valence-electron chi connectivity index (χ2n) is 9.65. The number of carbonyl (C=O) groups excluding carboxylic acids is 2. The van der Waals surface area contributed by atoms with E-state index in [0.717, 1.165) is 12.8 Å². The number of alkyl halides is 2. The lowest BCUT2D eigenvalue weighted by Crippen LogP contribution is -2.39. The molecule has 1 saturated carbocycles. The molecule has 1 aliphatic heterocycles. The highest BCUT2D eigenvalue weighted by molar-refractivity contribution is 5.94. The van der Waals surface area contributed by atoms with E-state index in [2.05, 4.69) is 15.0 Å². The number of aromatic nitrogens is 1. The molecule has 2 amide bonds. The Morgan fingerprint density at radius 3 is 2.62 bits per heavy atom. The van der Waals surface area contributed by atoms with E-state index < -0.39 is 18.7 Å². The van der Waals surface area contributed by atoms with Crippen LogP contribution < -0.4 is 20.5 Å². The molecule has 0 spiro atoms. The summed E-state index contributed by atoms with van der Waals surface area (Å²) in [6, 6.07) is 3.47. The number of nitrogens with one attached hydrogen (secondary N) is 1. The molecule has 2 fully saturated rings. The first kappa shape index (κ1) is 26.6. The number of oxazole rings is 1. The maximum atomic E-state index is 13.3. The summed E-state index contributed by atoms with van der Waals surface area (Å²) in [6.07, 6.45) is 1.83. The molecule has 37 heavy (non-hydrogen) atoms. The average molecular weight is 523 g/mol. The van der Waals surface area contributed by atoms with Crippen molar-refractivity contribution < 1.29 is 37.0 Å². The van der Waals surface area contributed by atoms with Crippen LogP contribution in [0.4, 0.5) is 13.6 Å². The minimum atomic E-state index is -3.00. The van der Waals surface area contributed by atoms with E-state index in [-0.39, 0.29) is 53.4 Å². The molecular formula is C25H32F2N4O6. The van der Waals surface area contributed by atoms with Crippen LogP contribution in [0, 0.1) is 5.92 Å². The second-order valence-corrected chi connectivity index (χ2v) is 9.65. The maximum Gasteiger partial charge on any atom is 0.407 e. The fourth-order valence-corrected chi connectivity index (χ4v) is 3.98. The number of likely N-dealkylation sites (tertiary alicyclic amines) is 1. The van der Waals surface area contributed by atoms with Gasteiger partial charge in [0.2, 0.25) is 5.89 Å². The van der Waals surface area contributed by atoms with E-state index in [0.29, 0.717) is 31.1 Å². The van der Waals surface area contributed by atoms with Crippen LogP contribution in [-0.4, -0.2) is 60.3 Å². The molecule has 0 unspecified atom stereocenters.